The summed E-state index contributed by atoms with van der Waals surface area (Å²) in [6.45, 7) is -0.0888. The summed E-state index contributed by atoms with van der Waals surface area (Å²) in [4.78, 5) is 20.7. The summed E-state index contributed by atoms with van der Waals surface area (Å²) in [5.41, 5.74) is -0.365. The Labute approximate surface area is 117 Å². The van der Waals surface area contributed by atoms with Gasteiger partial charge in [0.15, 0.2) is 23.0 Å². The second-order valence-electron chi connectivity index (χ2n) is 3.86. The molecule has 0 saturated heterocycles. The predicted molar refractivity (Wildman–Crippen MR) is 67.4 cm³/mol. The van der Waals surface area contributed by atoms with Gasteiger partial charge in [0, 0.05) is 12.1 Å². The lowest BCUT2D eigenvalue weighted by atomic mass is 10.3. The van der Waals surface area contributed by atoms with Crippen LogP contribution in [0.15, 0.2) is 28.8 Å². The van der Waals surface area contributed by atoms with Crippen molar-refractivity contribution in [3.05, 3.63) is 45.8 Å². The van der Waals surface area contributed by atoms with Crippen molar-refractivity contribution >= 4 is 11.7 Å². The van der Waals surface area contributed by atoms with Gasteiger partial charge in [-0.1, -0.05) is 5.16 Å². The van der Waals surface area contributed by atoms with E-state index in [1.54, 1.807) is 0 Å². The maximum atomic E-state index is 10.7. The highest BCUT2D eigenvalue weighted by atomic mass is 16.6. The molecule has 0 radical (unpaired) electrons. The first-order chi connectivity index (χ1) is 10.0. The van der Waals surface area contributed by atoms with Gasteiger partial charge < -0.3 is 19.1 Å². The number of aromatic carboxylic acids is 1. The first-order valence-corrected chi connectivity index (χ1v) is 5.65. The largest absolute Gasteiger partial charge is 0.493 e. The number of non-ortho nitro benzene ring substituents is 1. The summed E-state index contributed by atoms with van der Waals surface area (Å²) >= 11 is 0. The Morgan fingerprint density at radius 2 is 2.19 bits per heavy atom. The van der Waals surface area contributed by atoms with Crippen LogP contribution in [0.2, 0.25) is 0 Å². The van der Waals surface area contributed by atoms with Gasteiger partial charge in [-0.25, -0.2) is 4.79 Å². The molecule has 0 aliphatic rings. The highest BCUT2D eigenvalue weighted by Gasteiger charge is 2.14. The molecule has 0 atom stereocenters. The minimum absolute atomic E-state index is 0.0888. The number of nitro groups is 1. The first-order valence-electron chi connectivity index (χ1n) is 5.65. The molecule has 110 valence electrons. The van der Waals surface area contributed by atoms with Gasteiger partial charge in [0.1, 0.15) is 6.61 Å². The molecule has 21 heavy (non-hydrogen) atoms. The van der Waals surface area contributed by atoms with Gasteiger partial charge in [-0.05, 0) is 6.07 Å². The fraction of sp³-hybridized carbons (Fsp3) is 0.167. The van der Waals surface area contributed by atoms with Gasteiger partial charge in [-0.2, -0.15) is 0 Å². The summed E-state index contributed by atoms with van der Waals surface area (Å²) in [6, 6.07) is 5.09. The van der Waals surface area contributed by atoms with Crippen LogP contribution >= 0.6 is 0 Å². The predicted octanol–water partition coefficient (Wildman–Crippen LogP) is 1.87. The quantitative estimate of drug-likeness (QED) is 0.632. The summed E-state index contributed by atoms with van der Waals surface area (Å²) < 4.78 is 15.1. The zero-order valence-corrected chi connectivity index (χ0v) is 10.8. The molecule has 2 aromatic rings. The molecule has 2 rings (SSSR count). The summed E-state index contributed by atoms with van der Waals surface area (Å²) in [5, 5.41) is 22.7. The second kappa shape index (κ2) is 5.90. The normalized spacial score (nSPS) is 10.1. The second-order valence-corrected chi connectivity index (χ2v) is 3.86. The maximum absolute atomic E-state index is 10.7. The third kappa shape index (κ3) is 3.26. The molecule has 0 saturated carbocycles. The van der Waals surface area contributed by atoms with Crippen LogP contribution in [-0.4, -0.2) is 28.3 Å². The Morgan fingerprint density at radius 1 is 1.43 bits per heavy atom. The molecule has 0 aliphatic carbocycles. The molecule has 9 heteroatoms. The molecule has 0 bridgehead atoms. The van der Waals surface area contributed by atoms with E-state index in [1.807, 2.05) is 0 Å². The number of rotatable bonds is 6. The van der Waals surface area contributed by atoms with Crippen LogP contribution < -0.4 is 9.47 Å². The summed E-state index contributed by atoms with van der Waals surface area (Å²) in [6.07, 6.45) is 0. The molecule has 1 heterocycles. The van der Waals surface area contributed by atoms with E-state index in [0.717, 1.165) is 0 Å². The molecule has 0 spiro atoms. The van der Waals surface area contributed by atoms with E-state index < -0.39 is 10.9 Å². The Bertz CT molecular complexity index is 680. The number of aromatic nitrogens is 1. The first kappa shape index (κ1) is 14.3. The van der Waals surface area contributed by atoms with Crippen LogP contribution in [0.1, 0.15) is 16.2 Å². The lowest BCUT2D eigenvalue weighted by molar-refractivity contribution is -0.385. The zero-order valence-electron chi connectivity index (χ0n) is 10.8. The topological polar surface area (TPSA) is 125 Å². The van der Waals surface area contributed by atoms with E-state index >= 15 is 0 Å². The van der Waals surface area contributed by atoms with E-state index in [0.29, 0.717) is 0 Å². The Balaban J connectivity index is 2.11. The number of carboxylic acid groups (broad SMARTS) is 1. The molecule has 9 nitrogen and oxygen atoms in total. The highest BCUT2D eigenvalue weighted by Crippen LogP contribution is 2.31. The van der Waals surface area contributed by atoms with Crippen molar-refractivity contribution in [3.8, 4) is 11.5 Å². The average Bonchev–Trinajstić information content (AvgIpc) is 2.93. The van der Waals surface area contributed by atoms with Crippen molar-refractivity contribution in [1.29, 1.82) is 0 Å². The maximum Gasteiger partial charge on any atom is 0.358 e. The summed E-state index contributed by atoms with van der Waals surface area (Å²) in [7, 11) is 1.35. The van der Waals surface area contributed by atoms with Crippen molar-refractivity contribution in [1.82, 2.24) is 5.16 Å². The fourth-order valence-corrected chi connectivity index (χ4v) is 1.52. The van der Waals surface area contributed by atoms with Crippen molar-refractivity contribution < 1.29 is 28.8 Å². The van der Waals surface area contributed by atoms with E-state index in [9.17, 15) is 14.9 Å². The molecule has 0 amide bonds. The standard InChI is InChI=1S/C12H10N2O7/c1-19-11-4-7(14(17)18)2-3-10(11)20-6-8-5-9(12(15)16)13-21-8/h2-5H,6H2,1H3,(H,15,16). The average molecular weight is 294 g/mol. The zero-order chi connectivity index (χ0) is 15.4. The number of nitro benzene ring substituents is 1. The smallest absolute Gasteiger partial charge is 0.358 e. The van der Waals surface area contributed by atoms with Crippen LogP contribution in [0.4, 0.5) is 5.69 Å². The van der Waals surface area contributed by atoms with E-state index in [1.165, 1.54) is 31.4 Å². The van der Waals surface area contributed by atoms with E-state index in [4.69, 9.17) is 19.1 Å². The molecule has 0 unspecified atom stereocenters. The molecule has 1 N–H and O–H groups in total. The third-order valence-electron chi connectivity index (χ3n) is 2.51. The van der Waals surface area contributed by atoms with Crippen LogP contribution in [-0.2, 0) is 6.61 Å². The Morgan fingerprint density at radius 3 is 2.76 bits per heavy atom. The van der Waals surface area contributed by atoms with Crippen molar-refractivity contribution in [2.45, 2.75) is 6.61 Å². The lowest BCUT2D eigenvalue weighted by Crippen LogP contribution is -1.98. The fourth-order valence-electron chi connectivity index (χ4n) is 1.52. The Hall–Kier alpha value is -3.10. The summed E-state index contributed by atoms with van der Waals surface area (Å²) in [5.74, 6) is -0.565. The minimum Gasteiger partial charge on any atom is -0.493 e. The number of ether oxygens (including phenoxy) is 2. The van der Waals surface area contributed by atoms with Gasteiger partial charge >= 0.3 is 5.97 Å². The number of carbonyl (C=O) groups is 1. The van der Waals surface area contributed by atoms with Gasteiger partial charge in [-0.3, -0.25) is 10.1 Å². The van der Waals surface area contributed by atoms with Gasteiger partial charge in [0.2, 0.25) is 0 Å². The SMILES string of the molecule is COc1cc([N+](=O)[O-])ccc1OCc1cc(C(=O)O)no1. The minimum atomic E-state index is -1.21. The number of hydrogen-bond acceptors (Lipinski definition) is 7. The monoisotopic (exact) mass is 294 g/mol. The van der Waals surface area contributed by atoms with E-state index in [2.05, 4.69) is 5.16 Å². The number of hydrogen-bond donors (Lipinski definition) is 1. The Kier molecular flexibility index (Phi) is 4.02. The molecule has 0 aliphatic heterocycles. The number of carboxylic acids is 1. The van der Waals surface area contributed by atoms with Gasteiger partial charge in [-0.15, -0.1) is 0 Å². The lowest BCUT2D eigenvalue weighted by Gasteiger charge is -2.08. The van der Waals surface area contributed by atoms with Crippen LogP contribution in [0, 0.1) is 10.1 Å². The van der Waals surface area contributed by atoms with Gasteiger partial charge in [0.25, 0.3) is 5.69 Å². The van der Waals surface area contributed by atoms with Crippen LogP contribution in [0.3, 0.4) is 0 Å². The molecule has 1 aromatic carbocycles. The van der Waals surface area contributed by atoms with Gasteiger partial charge in [0.05, 0.1) is 18.1 Å². The van der Waals surface area contributed by atoms with E-state index in [-0.39, 0.29) is 35.2 Å². The highest BCUT2D eigenvalue weighted by molar-refractivity contribution is 5.85. The number of methoxy groups -OCH3 is 1. The van der Waals surface area contributed by atoms with Crippen LogP contribution in [0.25, 0.3) is 0 Å². The van der Waals surface area contributed by atoms with Crippen molar-refractivity contribution in [2.75, 3.05) is 7.11 Å². The number of nitrogens with zero attached hydrogens (tertiary/aromatic N) is 2. The van der Waals surface area contributed by atoms with Crippen molar-refractivity contribution in [3.63, 3.8) is 0 Å². The molecular weight excluding hydrogens is 284 g/mol. The number of benzene rings is 1. The molecular formula is C12H10N2O7. The third-order valence-corrected chi connectivity index (χ3v) is 2.51. The molecule has 0 fully saturated rings. The molecule has 1 aromatic heterocycles. The van der Waals surface area contributed by atoms with Crippen molar-refractivity contribution in [2.24, 2.45) is 0 Å². The van der Waals surface area contributed by atoms with Crippen LogP contribution in [0.5, 0.6) is 11.5 Å².